The summed E-state index contributed by atoms with van der Waals surface area (Å²) >= 11 is 0. The zero-order valence-corrected chi connectivity index (χ0v) is 9.02. The standard InChI is InChI=1S/C9H18O2.Li/c1-6-9(5,7(10)11)8(2,3)4;/h6H2,1-5H3,(H,10,11);/q;+1/p-1. The number of rotatable bonds is 2. The molecule has 0 aliphatic carbocycles. The maximum Gasteiger partial charge on any atom is 1.00 e. The summed E-state index contributed by atoms with van der Waals surface area (Å²) in [6.45, 7) is 9.38. The largest absolute Gasteiger partial charge is 1.00 e. The average molecular weight is 164 g/mol. The van der Waals surface area contributed by atoms with Crippen LogP contribution in [-0.2, 0) is 4.79 Å². The topological polar surface area (TPSA) is 40.1 Å². The Hall–Kier alpha value is 0.0674. The Kier molecular flexibility index (Phi) is 5.28. The van der Waals surface area contributed by atoms with Gasteiger partial charge in [-0.05, 0) is 11.8 Å². The van der Waals surface area contributed by atoms with E-state index in [-0.39, 0.29) is 24.3 Å². The fraction of sp³-hybridized carbons (Fsp3) is 0.889. The third kappa shape index (κ3) is 2.54. The Labute approximate surface area is 86.9 Å². The Bertz CT molecular complexity index is 160. The van der Waals surface area contributed by atoms with Crippen molar-refractivity contribution in [1.29, 1.82) is 0 Å². The van der Waals surface area contributed by atoms with Crippen molar-refractivity contribution in [3.63, 3.8) is 0 Å². The molecule has 0 bridgehead atoms. The van der Waals surface area contributed by atoms with Crippen LogP contribution in [0.3, 0.4) is 0 Å². The molecule has 0 saturated carbocycles. The summed E-state index contributed by atoms with van der Waals surface area (Å²) in [6, 6.07) is 0. The zero-order valence-electron chi connectivity index (χ0n) is 9.02. The molecule has 0 amide bonds. The monoisotopic (exact) mass is 164 g/mol. The van der Waals surface area contributed by atoms with Crippen molar-refractivity contribution in [3.05, 3.63) is 0 Å². The molecular weight excluding hydrogens is 147 g/mol. The molecule has 66 valence electrons. The molecule has 0 aliphatic heterocycles. The van der Waals surface area contributed by atoms with Crippen molar-refractivity contribution in [2.75, 3.05) is 0 Å². The van der Waals surface area contributed by atoms with Crippen LogP contribution >= 0.6 is 0 Å². The van der Waals surface area contributed by atoms with Gasteiger partial charge in [0.1, 0.15) is 0 Å². The van der Waals surface area contributed by atoms with Crippen molar-refractivity contribution in [2.45, 2.75) is 41.0 Å². The molecule has 1 atom stereocenters. The summed E-state index contributed by atoms with van der Waals surface area (Å²) in [6.07, 6.45) is 0.610. The summed E-state index contributed by atoms with van der Waals surface area (Å²) in [4.78, 5) is 10.8. The second-order valence-corrected chi connectivity index (χ2v) is 4.22. The van der Waals surface area contributed by atoms with Gasteiger partial charge < -0.3 is 9.90 Å². The number of aliphatic carboxylic acids is 1. The van der Waals surface area contributed by atoms with Crippen LogP contribution in [0.1, 0.15) is 41.0 Å². The van der Waals surface area contributed by atoms with E-state index in [1.165, 1.54) is 0 Å². The number of carboxylic acid groups (broad SMARTS) is 1. The van der Waals surface area contributed by atoms with E-state index in [4.69, 9.17) is 0 Å². The van der Waals surface area contributed by atoms with Crippen LogP contribution in [0.25, 0.3) is 0 Å². The molecule has 0 N–H and O–H groups in total. The molecule has 0 aliphatic rings. The molecule has 0 heterocycles. The molecule has 0 radical (unpaired) electrons. The van der Waals surface area contributed by atoms with E-state index >= 15 is 0 Å². The zero-order chi connectivity index (χ0) is 9.28. The third-order valence-electron chi connectivity index (χ3n) is 2.81. The average Bonchev–Trinajstić information content (AvgIpc) is 1.83. The second kappa shape index (κ2) is 4.34. The minimum atomic E-state index is -0.951. The van der Waals surface area contributed by atoms with Crippen molar-refractivity contribution in [2.24, 2.45) is 10.8 Å². The number of hydrogen-bond donors (Lipinski definition) is 0. The van der Waals surface area contributed by atoms with Crippen molar-refractivity contribution < 1.29 is 28.8 Å². The molecule has 0 aromatic heterocycles. The van der Waals surface area contributed by atoms with Crippen LogP contribution < -0.4 is 24.0 Å². The van der Waals surface area contributed by atoms with Gasteiger partial charge >= 0.3 is 18.9 Å². The predicted molar refractivity (Wildman–Crippen MR) is 42.9 cm³/mol. The van der Waals surface area contributed by atoms with E-state index < -0.39 is 11.4 Å². The van der Waals surface area contributed by atoms with Gasteiger partial charge in [-0.2, -0.15) is 0 Å². The minimum Gasteiger partial charge on any atom is -0.550 e. The summed E-state index contributed by atoms with van der Waals surface area (Å²) in [7, 11) is 0. The van der Waals surface area contributed by atoms with Gasteiger partial charge in [-0.25, -0.2) is 0 Å². The molecule has 12 heavy (non-hydrogen) atoms. The van der Waals surface area contributed by atoms with Crippen LogP contribution in [0.4, 0.5) is 0 Å². The van der Waals surface area contributed by atoms with Crippen molar-refractivity contribution in [1.82, 2.24) is 0 Å². The maximum atomic E-state index is 10.8. The van der Waals surface area contributed by atoms with E-state index in [9.17, 15) is 9.90 Å². The predicted octanol–water partition coefficient (Wildman–Crippen LogP) is -1.80. The van der Waals surface area contributed by atoms with E-state index in [0.29, 0.717) is 6.42 Å². The molecule has 0 aromatic carbocycles. The molecule has 1 unspecified atom stereocenters. The molecule has 0 spiro atoms. The molecule has 0 saturated heterocycles. The number of carbonyl (C=O) groups excluding carboxylic acids is 1. The molecular formula is C9H17LiO2. The first-order valence-corrected chi connectivity index (χ1v) is 3.97. The summed E-state index contributed by atoms with van der Waals surface area (Å²) in [5, 5.41) is 10.8. The van der Waals surface area contributed by atoms with Gasteiger partial charge in [0.15, 0.2) is 0 Å². The van der Waals surface area contributed by atoms with Gasteiger partial charge in [-0.3, -0.25) is 0 Å². The van der Waals surface area contributed by atoms with Gasteiger partial charge in [0.05, 0.1) is 0 Å². The van der Waals surface area contributed by atoms with E-state index in [1.54, 1.807) is 6.92 Å². The Morgan fingerprint density at radius 2 is 1.58 bits per heavy atom. The molecule has 3 heteroatoms. The first kappa shape index (κ1) is 14.6. The van der Waals surface area contributed by atoms with E-state index in [1.807, 2.05) is 27.7 Å². The summed E-state index contributed by atoms with van der Waals surface area (Å²) in [5.41, 5.74) is -0.951. The summed E-state index contributed by atoms with van der Waals surface area (Å²) in [5.74, 6) is -0.951. The van der Waals surface area contributed by atoms with Gasteiger partial charge in [0, 0.05) is 11.4 Å². The van der Waals surface area contributed by atoms with Crippen LogP contribution in [0.2, 0.25) is 0 Å². The van der Waals surface area contributed by atoms with Crippen LogP contribution in [0.15, 0.2) is 0 Å². The fourth-order valence-corrected chi connectivity index (χ4v) is 0.981. The van der Waals surface area contributed by atoms with E-state index in [2.05, 4.69) is 0 Å². The first-order chi connectivity index (χ1) is 4.75. The Balaban J connectivity index is 0. The summed E-state index contributed by atoms with van der Waals surface area (Å²) < 4.78 is 0. The second-order valence-electron chi connectivity index (χ2n) is 4.22. The fourth-order valence-electron chi connectivity index (χ4n) is 0.981. The Morgan fingerprint density at radius 3 is 1.58 bits per heavy atom. The Morgan fingerprint density at radius 1 is 1.25 bits per heavy atom. The third-order valence-corrected chi connectivity index (χ3v) is 2.81. The number of hydrogen-bond acceptors (Lipinski definition) is 2. The van der Waals surface area contributed by atoms with E-state index in [0.717, 1.165) is 0 Å². The molecule has 0 fully saturated rings. The van der Waals surface area contributed by atoms with Crippen LogP contribution in [0.5, 0.6) is 0 Å². The molecule has 0 rings (SSSR count). The SMILES string of the molecule is CCC(C)(C(=O)[O-])C(C)(C)C.[Li+]. The molecule has 2 nitrogen and oxygen atoms in total. The smallest absolute Gasteiger partial charge is 0.550 e. The van der Waals surface area contributed by atoms with Gasteiger partial charge in [0.25, 0.3) is 0 Å². The van der Waals surface area contributed by atoms with Gasteiger partial charge in [-0.15, -0.1) is 0 Å². The van der Waals surface area contributed by atoms with Crippen molar-refractivity contribution >= 4 is 5.97 Å². The number of carboxylic acids is 1. The van der Waals surface area contributed by atoms with Crippen LogP contribution in [-0.4, -0.2) is 5.97 Å². The normalized spacial score (nSPS) is 16.1. The first-order valence-electron chi connectivity index (χ1n) is 3.97. The quantitative estimate of drug-likeness (QED) is 0.452. The van der Waals surface area contributed by atoms with Gasteiger partial charge in [0.2, 0.25) is 0 Å². The maximum absolute atomic E-state index is 10.8. The minimum absolute atomic E-state index is 0. The van der Waals surface area contributed by atoms with Crippen molar-refractivity contribution in [3.8, 4) is 0 Å². The molecule has 0 aromatic rings. The number of carbonyl (C=O) groups is 1. The van der Waals surface area contributed by atoms with Crippen LogP contribution in [0, 0.1) is 10.8 Å². The van der Waals surface area contributed by atoms with Gasteiger partial charge in [-0.1, -0.05) is 34.6 Å².